The van der Waals surface area contributed by atoms with Gasteiger partial charge in [0.15, 0.2) is 0 Å². The van der Waals surface area contributed by atoms with Crippen molar-refractivity contribution in [2.24, 2.45) is 17.3 Å². The van der Waals surface area contributed by atoms with E-state index in [-0.39, 0.29) is 11.3 Å². The Hall–Kier alpha value is -1.10. The third-order valence-electron chi connectivity index (χ3n) is 6.03. The van der Waals surface area contributed by atoms with E-state index in [1.807, 2.05) is 23.9 Å². The summed E-state index contributed by atoms with van der Waals surface area (Å²) in [6.07, 6.45) is 4.91. The van der Waals surface area contributed by atoms with Gasteiger partial charge in [-0.25, -0.2) is 0 Å². The van der Waals surface area contributed by atoms with Crippen LogP contribution in [0.4, 0.5) is 0 Å². The molecular formula is C18H31N3O2. The number of hydrogen-bond acceptors (Lipinski definition) is 3. The molecule has 130 valence electrons. The number of likely N-dealkylation sites (tertiary alicyclic amines) is 2. The molecule has 1 unspecified atom stereocenters. The van der Waals surface area contributed by atoms with Gasteiger partial charge in [0.05, 0.1) is 5.41 Å². The number of piperidine rings is 1. The third-order valence-corrected chi connectivity index (χ3v) is 6.03. The lowest BCUT2D eigenvalue weighted by Crippen LogP contribution is -2.52. The quantitative estimate of drug-likeness (QED) is 0.787. The maximum Gasteiger partial charge on any atom is 0.230 e. The first kappa shape index (κ1) is 16.7. The summed E-state index contributed by atoms with van der Waals surface area (Å²) in [6.45, 7) is 6.29. The first-order valence-electron chi connectivity index (χ1n) is 9.14. The molecule has 1 saturated carbocycles. The van der Waals surface area contributed by atoms with Crippen molar-refractivity contribution in [3.8, 4) is 0 Å². The van der Waals surface area contributed by atoms with Crippen molar-refractivity contribution >= 4 is 11.8 Å². The standard InChI is InChI=1S/C18H31N3O2/c1-14-11-15(12-14)16(22)21-7-4-5-18(13-21)6-8-20(17(18)23)10-9-19(2)3/h14-15H,4-13H2,1-3H3. The van der Waals surface area contributed by atoms with Crippen molar-refractivity contribution in [1.82, 2.24) is 14.7 Å². The summed E-state index contributed by atoms with van der Waals surface area (Å²) in [5.74, 6) is 1.51. The van der Waals surface area contributed by atoms with Gasteiger partial charge in [-0.15, -0.1) is 0 Å². The van der Waals surface area contributed by atoms with E-state index >= 15 is 0 Å². The molecule has 2 saturated heterocycles. The van der Waals surface area contributed by atoms with Crippen LogP contribution in [-0.4, -0.2) is 73.3 Å². The summed E-state index contributed by atoms with van der Waals surface area (Å²) in [5, 5.41) is 0. The molecule has 0 N–H and O–H groups in total. The predicted molar refractivity (Wildman–Crippen MR) is 89.9 cm³/mol. The zero-order chi connectivity index (χ0) is 16.6. The van der Waals surface area contributed by atoms with Gasteiger partial charge in [0, 0.05) is 38.6 Å². The zero-order valence-corrected chi connectivity index (χ0v) is 14.9. The monoisotopic (exact) mass is 321 g/mol. The molecule has 0 aromatic rings. The molecule has 3 aliphatic rings. The van der Waals surface area contributed by atoms with E-state index in [2.05, 4.69) is 11.8 Å². The summed E-state index contributed by atoms with van der Waals surface area (Å²) in [6, 6.07) is 0. The van der Waals surface area contributed by atoms with Crippen LogP contribution in [0.25, 0.3) is 0 Å². The Kier molecular flexibility index (Phi) is 4.68. The fraction of sp³-hybridized carbons (Fsp3) is 0.889. The van der Waals surface area contributed by atoms with Crippen LogP contribution in [0.3, 0.4) is 0 Å². The molecule has 2 heterocycles. The molecule has 2 amide bonds. The second kappa shape index (κ2) is 6.42. The van der Waals surface area contributed by atoms with Gasteiger partial charge in [-0.1, -0.05) is 6.92 Å². The lowest BCUT2D eigenvalue weighted by molar-refractivity contribution is -0.148. The minimum Gasteiger partial charge on any atom is -0.341 e. The van der Waals surface area contributed by atoms with Crippen molar-refractivity contribution in [2.45, 2.75) is 39.0 Å². The van der Waals surface area contributed by atoms with Crippen LogP contribution in [0.1, 0.15) is 39.0 Å². The molecule has 1 aliphatic carbocycles. The Bertz CT molecular complexity index is 473. The fourth-order valence-electron chi connectivity index (χ4n) is 4.49. The van der Waals surface area contributed by atoms with E-state index in [1.165, 1.54) is 0 Å². The number of amides is 2. The number of hydrogen-bond donors (Lipinski definition) is 0. The van der Waals surface area contributed by atoms with Gasteiger partial charge in [0.1, 0.15) is 0 Å². The van der Waals surface area contributed by atoms with Gasteiger partial charge in [0.25, 0.3) is 0 Å². The number of nitrogens with zero attached hydrogens (tertiary/aromatic N) is 3. The Balaban J connectivity index is 1.61. The molecule has 2 aliphatic heterocycles. The molecule has 3 fully saturated rings. The maximum atomic E-state index is 12.9. The highest BCUT2D eigenvalue weighted by atomic mass is 16.2. The van der Waals surface area contributed by atoms with Crippen LogP contribution in [0.15, 0.2) is 0 Å². The smallest absolute Gasteiger partial charge is 0.230 e. The van der Waals surface area contributed by atoms with Crippen LogP contribution in [0.2, 0.25) is 0 Å². The van der Waals surface area contributed by atoms with Crippen molar-refractivity contribution in [2.75, 3.05) is 46.8 Å². The van der Waals surface area contributed by atoms with Gasteiger partial charge < -0.3 is 14.7 Å². The van der Waals surface area contributed by atoms with Gasteiger partial charge in [-0.3, -0.25) is 9.59 Å². The van der Waals surface area contributed by atoms with Crippen LogP contribution in [-0.2, 0) is 9.59 Å². The second-order valence-corrected chi connectivity index (χ2v) is 8.26. The van der Waals surface area contributed by atoms with E-state index in [1.54, 1.807) is 0 Å². The normalized spacial score (nSPS) is 34.3. The van der Waals surface area contributed by atoms with Gasteiger partial charge in [-0.05, 0) is 52.1 Å². The Morgan fingerprint density at radius 3 is 2.65 bits per heavy atom. The molecule has 3 rings (SSSR count). The summed E-state index contributed by atoms with van der Waals surface area (Å²) >= 11 is 0. The maximum absolute atomic E-state index is 12.9. The molecule has 0 aromatic heterocycles. The third kappa shape index (κ3) is 3.25. The SMILES string of the molecule is CC1CC(C(=O)N2CCCC3(CCN(CCN(C)C)C3=O)C2)C1. The summed E-state index contributed by atoms with van der Waals surface area (Å²) < 4.78 is 0. The summed E-state index contributed by atoms with van der Waals surface area (Å²) in [5.41, 5.74) is -0.282. The van der Waals surface area contributed by atoms with E-state index in [0.717, 1.165) is 58.3 Å². The van der Waals surface area contributed by atoms with Crippen molar-refractivity contribution in [1.29, 1.82) is 0 Å². The molecule has 23 heavy (non-hydrogen) atoms. The number of carbonyl (C=O) groups excluding carboxylic acids is 2. The van der Waals surface area contributed by atoms with Crippen LogP contribution in [0.5, 0.6) is 0 Å². The van der Waals surface area contributed by atoms with Crippen LogP contribution in [0, 0.1) is 17.3 Å². The first-order valence-corrected chi connectivity index (χ1v) is 9.14. The average Bonchev–Trinajstić information content (AvgIpc) is 2.78. The Morgan fingerprint density at radius 1 is 1.26 bits per heavy atom. The molecule has 0 radical (unpaired) electrons. The molecule has 0 aromatic carbocycles. The molecule has 0 bridgehead atoms. The zero-order valence-electron chi connectivity index (χ0n) is 14.9. The van der Waals surface area contributed by atoms with E-state index in [4.69, 9.17) is 0 Å². The van der Waals surface area contributed by atoms with Crippen molar-refractivity contribution < 1.29 is 9.59 Å². The van der Waals surface area contributed by atoms with Gasteiger partial charge in [-0.2, -0.15) is 0 Å². The van der Waals surface area contributed by atoms with E-state index in [0.29, 0.717) is 24.3 Å². The Labute approximate surface area is 140 Å². The minimum atomic E-state index is -0.282. The molecule has 5 nitrogen and oxygen atoms in total. The average molecular weight is 321 g/mol. The molecule has 1 atom stereocenters. The highest BCUT2D eigenvalue weighted by Crippen LogP contribution is 2.42. The highest BCUT2D eigenvalue weighted by Gasteiger charge is 2.50. The van der Waals surface area contributed by atoms with Crippen LogP contribution < -0.4 is 0 Å². The van der Waals surface area contributed by atoms with Gasteiger partial charge in [0.2, 0.25) is 11.8 Å². The van der Waals surface area contributed by atoms with E-state index < -0.39 is 0 Å². The molecule has 5 heteroatoms. The number of carbonyl (C=O) groups is 2. The first-order chi connectivity index (χ1) is 10.9. The number of rotatable bonds is 4. The predicted octanol–water partition coefficient (Wildman–Crippen LogP) is 1.44. The fourth-order valence-corrected chi connectivity index (χ4v) is 4.49. The summed E-state index contributed by atoms with van der Waals surface area (Å²) in [4.78, 5) is 31.7. The van der Waals surface area contributed by atoms with Crippen molar-refractivity contribution in [3.05, 3.63) is 0 Å². The minimum absolute atomic E-state index is 0.224. The Morgan fingerprint density at radius 2 is 2.00 bits per heavy atom. The second-order valence-electron chi connectivity index (χ2n) is 8.26. The lowest BCUT2D eigenvalue weighted by atomic mass is 9.73. The topological polar surface area (TPSA) is 43.9 Å². The lowest BCUT2D eigenvalue weighted by Gasteiger charge is -2.42. The highest BCUT2D eigenvalue weighted by molar-refractivity contribution is 5.87. The molecular weight excluding hydrogens is 290 g/mol. The van der Waals surface area contributed by atoms with Crippen LogP contribution >= 0.6 is 0 Å². The molecule has 1 spiro atoms. The van der Waals surface area contributed by atoms with Gasteiger partial charge >= 0.3 is 0 Å². The summed E-state index contributed by atoms with van der Waals surface area (Å²) in [7, 11) is 4.08. The largest absolute Gasteiger partial charge is 0.341 e. The van der Waals surface area contributed by atoms with E-state index in [9.17, 15) is 9.59 Å². The van der Waals surface area contributed by atoms with Crippen molar-refractivity contribution in [3.63, 3.8) is 0 Å². The number of likely N-dealkylation sites (N-methyl/N-ethyl adjacent to an activating group) is 1.